The van der Waals surface area contributed by atoms with Crippen molar-refractivity contribution >= 4 is 34.0 Å². The van der Waals surface area contributed by atoms with Crippen LogP contribution in [0, 0.1) is 0 Å². The summed E-state index contributed by atoms with van der Waals surface area (Å²) in [5.74, 6) is -1.05. The number of aromatic nitrogens is 3. The van der Waals surface area contributed by atoms with Crippen molar-refractivity contribution in [2.45, 2.75) is 38.7 Å². The lowest BCUT2D eigenvalue weighted by atomic mass is 10.1. The monoisotopic (exact) mass is 496 g/mol. The average molecular weight is 497 g/mol. The van der Waals surface area contributed by atoms with E-state index in [9.17, 15) is 31.1 Å². The molecule has 2 aromatic heterocycles. The molecule has 32 heavy (non-hydrogen) atoms. The predicted octanol–water partition coefficient (Wildman–Crippen LogP) is 6.45. The first-order valence-electron chi connectivity index (χ1n) is 9.03. The topological polar surface area (TPSA) is 59.8 Å². The molecule has 0 spiro atoms. The summed E-state index contributed by atoms with van der Waals surface area (Å²) >= 11 is 6.89. The normalized spacial score (nSPS) is 12.4. The van der Waals surface area contributed by atoms with Gasteiger partial charge in [0.25, 0.3) is 5.91 Å². The van der Waals surface area contributed by atoms with Crippen molar-refractivity contribution in [2.75, 3.05) is 5.32 Å². The Kier molecular flexibility index (Phi) is 6.57. The number of carbonyl (C=O) groups is 1. The third-order valence-electron chi connectivity index (χ3n) is 4.31. The zero-order valence-corrected chi connectivity index (χ0v) is 18.0. The van der Waals surface area contributed by atoms with E-state index in [1.54, 1.807) is 0 Å². The van der Waals surface area contributed by atoms with Gasteiger partial charge in [0, 0.05) is 28.6 Å². The number of anilines is 1. The Morgan fingerprint density at radius 3 is 2.44 bits per heavy atom. The number of thiazole rings is 1. The number of alkyl halides is 6. The van der Waals surface area contributed by atoms with Crippen LogP contribution >= 0.6 is 22.9 Å². The minimum atomic E-state index is -4.80. The maximum Gasteiger partial charge on any atom is 0.433 e. The molecular weight excluding hydrogens is 482 g/mol. The van der Waals surface area contributed by atoms with E-state index < -0.39 is 41.1 Å². The van der Waals surface area contributed by atoms with Gasteiger partial charge in [-0.1, -0.05) is 11.6 Å². The SMILES string of the molecule is CC(C)n1ncc(C(=O)Nc2ncc(Cc3cc(C(F)(F)F)ccc3Cl)s2)c1C(F)(F)F. The third kappa shape index (κ3) is 5.23. The number of benzene rings is 1. The molecule has 0 unspecified atom stereocenters. The molecule has 0 aliphatic rings. The van der Waals surface area contributed by atoms with Crippen LogP contribution in [0.2, 0.25) is 5.02 Å². The van der Waals surface area contributed by atoms with Crippen LogP contribution < -0.4 is 5.32 Å². The van der Waals surface area contributed by atoms with E-state index in [4.69, 9.17) is 11.6 Å². The largest absolute Gasteiger partial charge is 0.433 e. The van der Waals surface area contributed by atoms with Gasteiger partial charge in [0.2, 0.25) is 0 Å². The molecule has 0 saturated heterocycles. The van der Waals surface area contributed by atoms with Gasteiger partial charge < -0.3 is 0 Å². The molecule has 0 bridgehead atoms. The number of rotatable bonds is 5. The molecule has 0 fully saturated rings. The van der Waals surface area contributed by atoms with Gasteiger partial charge in [-0.3, -0.25) is 14.8 Å². The van der Waals surface area contributed by atoms with Gasteiger partial charge in [0.1, 0.15) is 0 Å². The Morgan fingerprint density at radius 1 is 1.16 bits per heavy atom. The van der Waals surface area contributed by atoms with Crippen LogP contribution in [0.15, 0.2) is 30.6 Å². The van der Waals surface area contributed by atoms with E-state index in [0.717, 1.165) is 35.7 Å². The lowest BCUT2D eigenvalue weighted by Crippen LogP contribution is -2.22. The Bertz CT molecular complexity index is 1140. The quantitative estimate of drug-likeness (QED) is 0.413. The summed E-state index contributed by atoms with van der Waals surface area (Å²) in [5.41, 5.74) is -2.52. The van der Waals surface area contributed by atoms with Crippen molar-refractivity contribution in [3.63, 3.8) is 0 Å². The number of nitrogens with one attached hydrogen (secondary N) is 1. The van der Waals surface area contributed by atoms with Crippen molar-refractivity contribution in [1.29, 1.82) is 0 Å². The van der Waals surface area contributed by atoms with E-state index in [1.807, 2.05) is 0 Å². The molecule has 0 aliphatic carbocycles. The summed E-state index contributed by atoms with van der Waals surface area (Å²) in [4.78, 5) is 16.8. The maximum absolute atomic E-state index is 13.5. The van der Waals surface area contributed by atoms with Gasteiger partial charge in [0.15, 0.2) is 10.8 Å². The molecule has 13 heteroatoms. The fraction of sp³-hybridized carbons (Fsp3) is 0.316. The highest BCUT2D eigenvalue weighted by Crippen LogP contribution is 2.35. The summed E-state index contributed by atoms with van der Waals surface area (Å²) in [6, 6.07) is 2.28. The smallest absolute Gasteiger partial charge is 0.298 e. The molecule has 0 saturated carbocycles. The molecule has 0 atom stereocenters. The average Bonchev–Trinajstić information content (AvgIpc) is 3.29. The molecule has 3 aromatic rings. The Labute approximate surface area is 187 Å². The van der Waals surface area contributed by atoms with Crippen LogP contribution in [0.3, 0.4) is 0 Å². The molecular formula is C19H15ClF6N4OS. The van der Waals surface area contributed by atoms with Crippen molar-refractivity contribution in [1.82, 2.24) is 14.8 Å². The van der Waals surface area contributed by atoms with E-state index in [1.165, 1.54) is 20.0 Å². The van der Waals surface area contributed by atoms with Crippen molar-refractivity contribution < 1.29 is 31.1 Å². The molecule has 2 heterocycles. The number of amides is 1. The van der Waals surface area contributed by atoms with Crippen LogP contribution in [0.1, 0.15) is 51.9 Å². The maximum atomic E-state index is 13.5. The lowest BCUT2D eigenvalue weighted by Gasteiger charge is -2.14. The number of carbonyl (C=O) groups excluding carboxylic acids is 1. The van der Waals surface area contributed by atoms with Crippen LogP contribution in [-0.2, 0) is 18.8 Å². The van der Waals surface area contributed by atoms with Crippen molar-refractivity contribution in [2.24, 2.45) is 0 Å². The third-order valence-corrected chi connectivity index (χ3v) is 5.59. The number of nitrogens with zero attached hydrogens (tertiary/aromatic N) is 3. The van der Waals surface area contributed by atoms with Crippen LogP contribution in [0.4, 0.5) is 31.5 Å². The summed E-state index contributed by atoms with van der Waals surface area (Å²) in [5, 5.41) is 6.04. The highest BCUT2D eigenvalue weighted by atomic mass is 35.5. The van der Waals surface area contributed by atoms with Crippen LogP contribution in [0.25, 0.3) is 0 Å². The van der Waals surface area contributed by atoms with Crippen LogP contribution in [-0.4, -0.2) is 20.7 Å². The number of halogens is 7. The van der Waals surface area contributed by atoms with Crippen molar-refractivity contribution in [3.8, 4) is 0 Å². The summed E-state index contributed by atoms with van der Waals surface area (Å²) < 4.78 is 79.9. The number of hydrogen-bond acceptors (Lipinski definition) is 4. The van der Waals surface area contributed by atoms with Gasteiger partial charge in [-0.15, -0.1) is 11.3 Å². The van der Waals surface area contributed by atoms with E-state index in [-0.39, 0.29) is 22.1 Å². The van der Waals surface area contributed by atoms with Gasteiger partial charge in [-0.25, -0.2) is 4.98 Å². The van der Waals surface area contributed by atoms with Gasteiger partial charge >= 0.3 is 12.4 Å². The molecule has 3 rings (SSSR count). The molecule has 1 N–H and O–H groups in total. The molecule has 5 nitrogen and oxygen atoms in total. The first-order chi connectivity index (χ1) is 14.8. The molecule has 0 radical (unpaired) electrons. The van der Waals surface area contributed by atoms with Gasteiger partial charge in [-0.2, -0.15) is 31.4 Å². The summed E-state index contributed by atoms with van der Waals surface area (Å²) in [6.07, 6.45) is -7.21. The van der Waals surface area contributed by atoms with E-state index in [0.29, 0.717) is 9.56 Å². The van der Waals surface area contributed by atoms with E-state index >= 15 is 0 Å². The lowest BCUT2D eigenvalue weighted by molar-refractivity contribution is -0.145. The molecule has 0 aliphatic heterocycles. The minimum absolute atomic E-state index is 0.00459. The highest BCUT2D eigenvalue weighted by molar-refractivity contribution is 7.15. The molecule has 172 valence electrons. The highest BCUT2D eigenvalue weighted by Gasteiger charge is 2.40. The first-order valence-corrected chi connectivity index (χ1v) is 10.2. The van der Waals surface area contributed by atoms with Gasteiger partial charge in [-0.05, 0) is 37.6 Å². The first kappa shape index (κ1) is 24.1. The summed E-state index contributed by atoms with van der Waals surface area (Å²) in [6.45, 7) is 2.99. The second kappa shape index (κ2) is 8.74. The molecule has 1 amide bonds. The second-order valence-electron chi connectivity index (χ2n) is 7.01. The number of hydrogen-bond donors (Lipinski definition) is 1. The van der Waals surface area contributed by atoms with Crippen molar-refractivity contribution in [3.05, 3.63) is 62.9 Å². The second-order valence-corrected chi connectivity index (χ2v) is 8.53. The predicted molar refractivity (Wildman–Crippen MR) is 107 cm³/mol. The van der Waals surface area contributed by atoms with E-state index in [2.05, 4.69) is 15.4 Å². The fourth-order valence-electron chi connectivity index (χ4n) is 2.89. The zero-order valence-electron chi connectivity index (χ0n) is 16.5. The molecule has 1 aromatic carbocycles. The summed E-state index contributed by atoms with van der Waals surface area (Å²) in [7, 11) is 0. The van der Waals surface area contributed by atoms with Crippen LogP contribution in [0.5, 0.6) is 0 Å². The standard InChI is InChI=1S/C19H15ClF6N4OS/c1-9(2)30-15(19(24,25)26)13(8-28-30)16(31)29-17-27-7-12(32-17)6-10-5-11(18(21,22)23)3-4-14(10)20/h3-5,7-9H,6H2,1-2H3,(H,27,29,31). The minimum Gasteiger partial charge on any atom is -0.298 e. The Hall–Kier alpha value is -2.60. The fourth-order valence-corrected chi connectivity index (χ4v) is 3.90. The Balaban J connectivity index is 1.81. The zero-order chi connectivity index (χ0) is 23.8. The van der Waals surface area contributed by atoms with Gasteiger partial charge in [0.05, 0.1) is 17.3 Å². The Morgan fingerprint density at radius 2 is 1.84 bits per heavy atom.